The average molecular weight is 469 g/mol. The maximum Gasteiger partial charge on any atom is 0.340 e. The summed E-state index contributed by atoms with van der Waals surface area (Å²) in [7, 11) is 0. The average Bonchev–Trinajstić information content (AvgIpc) is 3.20. The maximum atomic E-state index is 13.8. The van der Waals surface area contributed by atoms with Gasteiger partial charge in [0.15, 0.2) is 5.65 Å². The number of likely N-dealkylation sites (tertiary alicyclic amines) is 1. The SMILES string of the molecule is CCOC(=O)c1c(C(=O)N2CCCCC2)c2nc(-c3ccccc3)c(-c3ccccc3)nn2c1C. The van der Waals surface area contributed by atoms with Gasteiger partial charge in [-0.15, -0.1) is 0 Å². The predicted molar refractivity (Wildman–Crippen MR) is 134 cm³/mol. The fourth-order valence-electron chi connectivity index (χ4n) is 4.69. The molecule has 1 fully saturated rings. The highest BCUT2D eigenvalue weighted by atomic mass is 16.5. The lowest BCUT2D eigenvalue weighted by Gasteiger charge is -2.26. The Labute approximate surface area is 204 Å². The number of fused-ring (bicyclic) bond motifs is 1. The van der Waals surface area contributed by atoms with Gasteiger partial charge in [0.05, 0.1) is 17.9 Å². The summed E-state index contributed by atoms with van der Waals surface area (Å²) in [6.07, 6.45) is 3.00. The van der Waals surface area contributed by atoms with Crippen molar-refractivity contribution in [2.75, 3.05) is 19.7 Å². The van der Waals surface area contributed by atoms with Crippen molar-refractivity contribution in [3.8, 4) is 22.5 Å². The topological polar surface area (TPSA) is 76.8 Å². The number of amides is 1. The summed E-state index contributed by atoms with van der Waals surface area (Å²) >= 11 is 0. The molecule has 0 bridgehead atoms. The number of nitrogens with zero attached hydrogens (tertiary/aromatic N) is 4. The van der Waals surface area contributed by atoms with Crippen LogP contribution in [0.4, 0.5) is 0 Å². The summed E-state index contributed by atoms with van der Waals surface area (Å²) in [6.45, 7) is 5.09. The Kier molecular flexibility index (Phi) is 6.31. The summed E-state index contributed by atoms with van der Waals surface area (Å²) in [4.78, 5) is 33.7. The number of ether oxygens (including phenoxy) is 1. The first kappa shape index (κ1) is 22.8. The van der Waals surface area contributed by atoms with Crippen LogP contribution in [0.1, 0.15) is 52.6 Å². The van der Waals surface area contributed by atoms with E-state index in [4.69, 9.17) is 14.8 Å². The first-order valence-electron chi connectivity index (χ1n) is 12.1. The lowest BCUT2D eigenvalue weighted by atomic mass is 10.0. The van der Waals surface area contributed by atoms with Gasteiger partial charge in [0.1, 0.15) is 17.0 Å². The van der Waals surface area contributed by atoms with Gasteiger partial charge in [-0.2, -0.15) is 5.10 Å². The standard InChI is InChI=1S/C28H28N4O3/c1-3-35-28(34)22-19(2)32-26(23(22)27(33)31-17-11-6-12-18-31)29-24(20-13-7-4-8-14-20)25(30-32)21-15-9-5-10-16-21/h4-5,7-10,13-16H,3,6,11-12,17-18H2,1-2H3. The third-order valence-corrected chi connectivity index (χ3v) is 6.43. The number of carbonyl (C=O) groups is 2. The number of carbonyl (C=O) groups excluding carboxylic acids is 2. The van der Waals surface area contributed by atoms with Crippen molar-refractivity contribution < 1.29 is 14.3 Å². The first-order chi connectivity index (χ1) is 17.1. The van der Waals surface area contributed by atoms with E-state index in [-0.39, 0.29) is 23.6 Å². The summed E-state index contributed by atoms with van der Waals surface area (Å²) in [5.41, 5.74) is 4.55. The minimum atomic E-state index is -0.528. The molecule has 0 N–H and O–H groups in total. The quantitative estimate of drug-likeness (QED) is 0.378. The van der Waals surface area contributed by atoms with Crippen molar-refractivity contribution in [1.29, 1.82) is 0 Å². The van der Waals surface area contributed by atoms with Crippen LogP contribution in [-0.4, -0.2) is 51.1 Å². The summed E-state index contributed by atoms with van der Waals surface area (Å²) in [6, 6.07) is 19.6. The van der Waals surface area contributed by atoms with Gasteiger partial charge in [0.2, 0.25) is 0 Å². The number of piperidine rings is 1. The zero-order valence-electron chi connectivity index (χ0n) is 20.0. The molecule has 3 heterocycles. The molecule has 35 heavy (non-hydrogen) atoms. The summed E-state index contributed by atoms with van der Waals surface area (Å²) in [5.74, 6) is -0.723. The Morgan fingerprint density at radius 2 is 1.46 bits per heavy atom. The van der Waals surface area contributed by atoms with Gasteiger partial charge < -0.3 is 9.64 Å². The monoisotopic (exact) mass is 468 g/mol. The molecule has 7 heteroatoms. The third kappa shape index (κ3) is 4.18. The molecule has 0 radical (unpaired) electrons. The van der Waals surface area contributed by atoms with E-state index < -0.39 is 5.97 Å². The van der Waals surface area contributed by atoms with Gasteiger partial charge in [0, 0.05) is 24.2 Å². The van der Waals surface area contributed by atoms with Crippen LogP contribution in [0.2, 0.25) is 0 Å². The molecule has 0 unspecified atom stereocenters. The number of aromatic nitrogens is 3. The van der Waals surface area contributed by atoms with Gasteiger partial charge >= 0.3 is 5.97 Å². The van der Waals surface area contributed by atoms with Crippen LogP contribution in [0.3, 0.4) is 0 Å². The largest absolute Gasteiger partial charge is 0.462 e. The van der Waals surface area contributed by atoms with Crippen molar-refractivity contribution in [3.05, 3.63) is 77.5 Å². The predicted octanol–water partition coefficient (Wildman–Crippen LogP) is 5.17. The van der Waals surface area contributed by atoms with E-state index in [1.165, 1.54) is 0 Å². The van der Waals surface area contributed by atoms with E-state index in [1.54, 1.807) is 18.4 Å². The van der Waals surface area contributed by atoms with E-state index in [0.717, 1.165) is 30.4 Å². The van der Waals surface area contributed by atoms with Gasteiger partial charge in [-0.05, 0) is 33.1 Å². The molecular formula is C28H28N4O3. The Balaban J connectivity index is 1.81. The number of rotatable bonds is 5. The molecule has 5 rings (SSSR count). The molecule has 4 aromatic rings. The first-order valence-corrected chi connectivity index (χ1v) is 12.1. The van der Waals surface area contributed by atoms with Crippen LogP contribution >= 0.6 is 0 Å². The number of esters is 1. The highest BCUT2D eigenvalue weighted by Crippen LogP contribution is 2.33. The highest BCUT2D eigenvalue weighted by Gasteiger charge is 2.33. The Bertz CT molecular complexity index is 1370. The molecule has 7 nitrogen and oxygen atoms in total. The smallest absolute Gasteiger partial charge is 0.340 e. The van der Waals surface area contributed by atoms with Crippen LogP contribution < -0.4 is 0 Å². The second-order valence-electron chi connectivity index (χ2n) is 8.69. The Morgan fingerprint density at radius 3 is 2.06 bits per heavy atom. The molecule has 1 aliphatic heterocycles. The van der Waals surface area contributed by atoms with E-state index in [9.17, 15) is 9.59 Å². The number of hydrogen-bond acceptors (Lipinski definition) is 5. The van der Waals surface area contributed by atoms with Crippen molar-refractivity contribution in [2.45, 2.75) is 33.1 Å². The maximum absolute atomic E-state index is 13.8. The minimum Gasteiger partial charge on any atom is -0.462 e. The molecule has 1 aliphatic rings. The zero-order valence-corrected chi connectivity index (χ0v) is 20.0. The van der Waals surface area contributed by atoms with Gasteiger partial charge in [-0.3, -0.25) is 4.79 Å². The fourth-order valence-corrected chi connectivity index (χ4v) is 4.69. The normalized spacial score (nSPS) is 13.7. The molecule has 0 atom stereocenters. The molecule has 178 valence electrons. The lowest BCUT2D eigenvalue weighted by Crippen LogP contribution is -2.36. The van der Waals surface area contributed by atoms with Crippen molar-refractivity contribution in [2.24, 2.45) is 0 Å². The summed E-state index contributed by atoms with van der Waals surface area (Å²) in [5, 5.41) is 4.95. The number of hydrogen-bond donors (Lipinski definition) is 0. The van der Waals surface area contributed by atoms with E-state index in [0.29, 0.717) is 35.8 Å². The number of aryl methyl sites for hydroxylation is 1. The molecule has 2 aromatic heterocycles. The second kappa shape index (κ2) is 9.70. The van der Waals surface area contributed by atoms with Crippen LogP contribution in [0.5, 0.6) is 0 Å². The second-order valence-corrected chi connectivity index (χ2v) is 8.69. The molecule has 1 amide bonds. The molecule has 0 aliphatic carbocycles. The lowest BCUT2D eigenvalue weighted by molar-refractivity contribution is 0.0517. The van der Waals surface area contributed by atoms with Crippen LogP contribution in [0, 0.1) is 6.92 Å². The van der Waals surface area contributed by atoms with E-state index in [1.807, 2.05) is 65.6 Å². The van der Waals surface area contributed by atoms with E-state index >= 15 is 0 Å². The number of benzene rings is 2. The summed E-state index contributed by atoms with van der Waals surface area (Å²) < 4.78 is 6.99. The van der Waals surface area contributed by atoms with Crippen molar-refractivity contribution >= 4 is 17.5 Å². The zero-order chi connectivity index (χ0) is 24.4. The molecule has 1 saturated heterocycles. The molecule has 2 aromatic carbocycles. The van der Waals surface area contributed by atoms with Crippen LogP contribution in [0.25, 0.3) is 28.2 Å². The van der Waals surface area contributed by atoms with E-state index in [2.05, 4.69) is 0 Å². The fraction of sp³-hybridized carbons (Fsp3) is 0.286. The van der Waals surface area contributed by atoms with Gasteiger partial charge in [-0.25, -0.2) is 14.3 Å². The Hall–Kier alpha value is -4.00. The molecular weight excluding hydrogens is 440 g/mol. The van der Waals surface area contributed by atoms with Crippen LogP contribution in [-0.2, 0) is 4.74 Å². The molecule has 0 saturated carbocycles. The van der Waals surface area contributed by atoms with Gasteiger partial charge in [-0.1, -0.05) is 60.7 Å². The van der Waals surface area contributed by atoms with Crippen LogP contribution in [0.15, 0.2) is 60.7 Å². The third-order valence-electron chi connectivity index (χ3n) is 6.43. The Morgan fingerprint density at radius 1 is 0.857 bits per heavy atom. The highest BCUT2D eigenvalue weighted by molar-refractivity contribution is 6.11. The van der Waals surface area contributed by atoms with Crippen molar-refractivity contribution in [3.63, 3.8) is 0 Å². The molecule has 0 spiro atoms. The minimum absolute atomic E-state index is 0.195. The van der Waals surface area contributed by atoms with Gasteiger partial charge in [0.25, 0.3) is 5.91 Å². The van der Waals surface area contributed by atoms with Crippen molar-refractivity contribution in [1.82, 2.24) is 19.5 Å².